The van der Waals surface area contributed by atoms with E-state index < -0.39 is 20.7 Å². The number of aromatic carboxylic acids is 1. The Kier molecular flexibility index (Phi) is 5.03. The van der Waals surface area contributed by atoms with Crippen molar-refractivity contribution in [2.45, 2.75) is 6.42 Å². The maximum Gasteiger partial charge on any atom is 0.335 e. The number of carbonyl (C=O) groups is 1. The van der Waals surface area contributed by atoms with E-state index in [9.17, 15) is 23.3 Å². The molecule has 0 fully saturated rings. The highest BCUT2D eigenvalue weighted by molar-refractivity contribution is 7.90. The molecule has 0 aliphatic carbocycles. The SMILES string of the molecule is CS(=O)(=O)CCCNc1ccc(C(=O)O)cc1[N+](=O)[O-]. The van der Waals surface area contributed by atoms with Gasteiger partial charge in [0.15, 0.2) is 0 Å². The first-order chi connectivity index (χ1) is 9.20. The van der Waals surface area contributed by atoms with Gasteiger partial charge in [-0.25, -0.2) is 13.2 Å². The second kappa shape index (κ2) is 6.33. The zero-order valence-corrected chi connectivity index (χ0v) is 11.5. The van der Waals surface area contributed by atoms with Crippen molar-refractivity contribution < 1.29 is 23.2 Å². The van der Waals surface area contributed by atoms with Crippen LogP contribution in [-0.4, -0.2) is 43.0 Å². The van der Waals surface area contributed by atoms with Gasteiger partial charge in [0, 0.05) is 18.9 Å². The number of hydrogen-bond acceptors (Lipinski definition) is 6. The van der Waals surface area contributed by atoms with E-state index in [-0.39, 0.29) is 29.2 Å². The number of hydrogen-bond donors (Lipinski definition) is 2. The molecule has 0 aliphatic heterocycles. The topological polar surface area (TPSA) is 127 Å². The van der Waals surface area contributed by atoms with Gasteiger partial charge in [-0.15, -0.1) is 0 Å². The van der Waals surface area contributed by atoms with Crippen LogP contribution < -0.4 is 5.32 Å². The molecule has 9 heteroatoms. The summed E-state index contributed by atoms with van der Waals surface area (Å²) in [5.41, 5.74) is -0.379. The van der Waals surface area contributed by atoms with Crippen LogP contribution in [0.3, 0.4) is 0 Å². The van der Waals surface area contributed by atoms with Gasteiger partial charge in [0.25, 0.3) is 5.69 Å². The minimum Gasteiger partial charge on any atom is -0.478 e. The maximum atomic E-state index is 10.9. The maximum absolute atomic E-state index is 10.9. The quantitative estimate of drug-likeness (QED) is 0.439. The van der Waals surface area contributed by atoms with Crippen LogP contribution in [0.1, 0.15) is 16.8 Å². The fourth-order valence-electron chi connectivity index (χ4n) is 1.52. The fourth-order valence-corrected chi connectivity index (χ4v) is 2.19. The Morgan fingerprint density at radius 2 is 2.10 bits per heavy atom. The molecule has 0 amide bonds. The van der Waals surface area contributed by atoms with Crippen LogP contribution in [0.2, 0.25) is 0 Å². The van der Waals surface area contributed by atoms with E-state index in [0.29, 0.717) is 6.42 Å². The smallest absolute Gasteiger partial charge is 0.335 e. The van der Waals surface area contributed by atoms with Crippen LogP contribution >= 0.6 is 0 Å². The molecule has 0 unspecified atom stereocenters. The summed E-state index contributed by atoms with van der Waals surface area (Å²) >= 11 is 0. The molecule has 0 aromatic heterocycles. The first kappa shape index (κ1) is 15.9. The van der Waals surface area contributed by atoms with Crippen LogP contribution in [-0.2, 0) is 9.84 Å². The van der Waals surface area contributed by atoms with Gasteiger partial charge in [-0.3, -0.25) is 10.1 Å². The Labute approximate surface area is 115 Å². The average molecular weight is 302 g/mol. The van der Waals surface area contributed by atoms with Gasteiger partial charge in [0.05, 0.1) is 16.2 Å². The second-order valence-electron chi connectivity index (χ2n) is 4.20. The molecular weight excluding hydrogens is 288 g/mol. The lowest BCUT2D eigenvalue weighted by Gasteiger charge is -2.07. The number of nitro groups is 1. The number of rotatable bonds is 7. The Morgan fingerprint density at radius 3 is 2.60 bits per heavy atom. The number of carboxylic acid groups (broad SMARTS) is 1. The van der Waals surface area contributed by atoms with Crippen molar-refractivity contribution in [1.82, 2.24) is 0 Å². The summed E-state index contributed by atoms with van der Waals surface area (Å²) in [4.78, 5) is 20.9. The molecule has 8 nitrogen and oxygen atoms in total. The van der Waals surface area contributed by atoms with E-state index in [4.69, 9.17) is 5.11 Å². The van der Waals surface area contributed by atoms with Crippen LogP contribution in [0.25, 0.3) is 0 Å². The molecule has 0 heterocycles. The van der Waals surface area contributed by atoms with Gasteiger partial charge in [-0.05, 0) is 18.6 Å². The van der Waals surface area contributed by atoms with Crippen molar-refractivity contribution in [3.8, 4) is 0 Å². The van der Waals surface area contributed by atoms with Crippen molar-refractivity contribution in [2.24, 2.45) is 0 Å². The van der Waals surface area contributed by atoms with Crippen molar-refractivity contribution >= 4 is 27.2 Å². The third-order valence-electron chi connectivity index (χ3n) is 2.45. The van der Waals surface area contributed by atoms with Crippen molar-refractivity contribution in [2.75, 3.05) is 23.9 Å². The molecule has 0 aliphatic rings. The molecule has 0 spiro atoms. The van der Waals surface area contributed by atoms with E-state index in [0.717, 1.165) is 12.3 Å². The first-order valence-electron chi connectivity index (χ1n) is 5.64. The Bertz CT molecular complexity index is 626. The van der Waals surface area contributed by atoms with Crippen molar-refractivity contribution in [3.63, 3.8) is 0 Å². The van der Waals surface area contributed by atoms with E-state index in [2.05, 4.69) is 5.32 Å². The predicted molar refractivity (Wildman–Crippen MR) is 72.9 cm³/mol. The zero-order chi connectivity index (χ0) is 15.3. The summed E-state index contributed by atoms with van der Waals surface area (Å²) in [5.74, 6) is -1.28. The van der Waals surface area contributed by atoms with Gasteiger partial charge in [-0.2, -0.15) is 0 Å². The molecule has 0 atom stereocenters. The summed E-state index contributed by atoms with van der Waals surface area (Å²) in [7, 11) is -3.07. The number of nitrogens with one attached hydrogen (secondary N) is 1. The van der Waals surface area contributed by atoms with Crippen LogP contribution in [0.15, 0.2) is 18.2 Å². The molecule has 0 saturated heterocycles. The zero-order valence-electron chi connectivity index (χ0n) is 10.7. The molecule has 1 aromatic rings. The number of carboxylic acids is 1. The molecule has 110 valence electrons. The lowest BCUT2D eigenvalue weighted by molar-refractivity contribution is -0.384. The predicted octanol–water partition coefficient (Wildman–Crippen LogP) is 1.14. The van der Waals surface area contributed by atoms with Crippen LogP contribution in [0, 0.1) is 10.1 Å². The lowest BCUT2D eigenvalue weighted by atomic mass is 10.1. The fraction of sp³-hybridized carbons (Fsp3) is 0.364. The second-order valence-corrected chi connectivity index (χ2v) is 6.46. The van der Waals surface area contributed by atoms with Gasteiger partial charge in [0.2, 0.25) is 0 Å². The standard InChI is InChI=1S/C11H14N2O6S/c1-20(18,19)6-2-5-12-9-4-3-8(11(14)15)7-10(9)13(16)17/h3-4,7,12H,2,5-6H2,1H3,(H,14,15). The summed E-state index contributed by atoms with van der Waals surface area (Å²) in [5, 5.41) is 22.4. The number of anilines is 1. The van der Waals surface area contributed by atoms with Crippen molar-refractivity contribution in [3.05, 3.63) is 33.9 Å². The number of benzene rings is 1. The molecule has 1 rings (SSSR count). The van der Waals surface area contributed by atoms with Crippen LogP contribution in [0.5, 0.6) is 0 Å². The van der Waals surface area contributed by atoms with Gasteiger partial charge < -0.3 is 10.4 Å². The Morgan fingerprint density at radius 1 is 1.45 bits per heavy atom. The molecule has 20 heavy (non-hydrogen) atoms. The van der Waals surface area contributed by atoms with Crippen molar-refractivity contribution in [1.29, 1.82) is 0 Å². The first-order valence-corrected chi connectivity index (χ1v) is 7.70. The Balaban J connectivity index is 2.79. The molecule has 0 saturated carbocycles. The monoisotopic (exact) mass is 302 g/mol. The highest BCUT2D eigenvalue weighted by atomic mass is 32.2. The normalized spacial score (nSPS) is 11.1. The molecule has 0 radical (unpaired) electrons. The van der Waals surface area contributed by atoms with Gasteiger partial charge in [0.1, 0.15) is 15.5 Å². The minimum absolute atomic E-state index is 0.0268. The third kappa shape index (κ3) is 4.84. The van der Waals surface area contributed by atoms with E-state index in [1.165, 1.54) is 12.1 Å². The highest BCUT2D eigenvalue weighted by Gasteiger charge is 2.17. The highest BCUT2D eigenvalue weighted by Crippen LogP contribution is 2.25. The number of sulfone groups is 1. The largest absolute Gasteiger partial charge is 0.478 e. The summed E-state index contributed by atoms with van der Waals surface area (Å²) in [6.45, 7) is 0.236. The number of nitrogens with zero attached hydrogens (tertiary/aromatic N) is 1. The summed E-state index contributed by atoms with van der Waals surface area (Å²) in [6.07, 6.45) is 1.41. The summed E-state index contributed by atoms with van der Waals surface area (Å²) < 4.78 is 21.9. The molecule has 2 N–H and O–H groups in total. The van der Waals surface area contributed by atoms with E-state index in [1.54, 1.807) is 0 Å². The third-order valence-corrected chi connectivity index (χ3v) is 3.48. The number of nitro benzene ring substituents is 1. The average Bonchev–Trinajstić information content (AvgIpc) is 2.33. The van der Waals surface area contributed by atoms with E-state index in [1.807, 2.05) is 0 Å². The van der Waals surface area contributed by atoms with Crippen LogP contribution in [0.4, 0.5) is 11.4 Å². The lowest BCUT2D eigenvalue weighted by Crippen LogP contribution is -2.11. The Hall–Kier alpha value is -2.16. The minimum atomic E-state index is -3.07. The van der Waals surface area contributed by atoms with Gasteiger partial charge in [-0.1, -0.05) is 0 Å². The molecule has 1 aromatic carbocycles. The van der Waals surface area contributed by atoms with Gasteiger partial charge >= 0.3 is 5.97 Å². The molecule has 0 bridgehead atoms. The summed E-state index contributed by atoms with van der Waals surface area (Å²) in [6, 6.07) is 3.50. The van der Waals surface area contributed by atoms with E-state index >= 15 is 0 Å². The molecular formula is C11H14N2O6S.